The van der Waals surface area contributed by atoms with Crippen molar-refractivity contribution >= 4 is 23.0 Å². The molecule has 134 valence electrons. The normalized spacial score (nSPS) is 10.5. The molecular weight excluding hydrogens is 360 g/mol. The fourth-order valence-corrected chi connectivity index (χ4v) is 3.01. The Morgan fingerprint density at radius 2 is 2.23 bits per heavy atom. The molecule has 26 heavy (non-hydrogen) atoms. The van der Waals surface area contributed by atoms with Crippen LogP contribution in [0.3, 0.4) is 0 Å². The third kappa shape index (κ3) is 3.70. The summed E-state index contributed by atoms with van der Waals surface area (Å²) in [4.78, 5) is 26.8. The molecule has 0 spiro atoms. The van der Waals surface area contributed by atoms with E-state index in [1.165, 1.54) is 36.6 Å². The number of non-ortho nitro benzene ring substituents is 1. The molecule has 0 fully saturated rings. The number of thiazole rings is 1. The Morgan fingerprint density at radius 1 is 1.42 bits per heavy atom. The van der Waals surface area contributed by atoms with Gasteiger partial charge in [-0.05, 0) is 6.07 Å². The maximum absolute atomic E-state index is 12.2. The summed E-state index contributed by atoms with van der Waals surface area (Å²) in [5, 5.41) is 17.2. The maximum atomic E-state index is 12.2. The number of carbonyl (C=O) groups excluding carboxylic acids is 1. The van der Waals surface area contributed by atoms with Crippen molar-refractivity contribution in [3.05, 3.63) is 57.3 Å². The van der Waals surface area contributed by atoms with Gasteiger partial charge in [0.2, 0.25) is 0 Å². The van der Waals surface area contributed by atoms with Gasteiger partial charge in [-0.2, -0.15) is 5.10 Å². The zero-order valence-electron chi connectivity index (χ0n) is 13.9. The van der Waals surface area contributed by atoms with Gasteiger partial charge in [-0.25, -0.2) is 9.78 Å². The van der Waals surface area contributed by atoms with E-state index < -0.39 is 10.9 Å². The van der Waals surface area contributed by atoms with Crippen molar-refractivity contribution in [2.75, 3.05) is 7.11 Å². The van der Waals surface area contributed by atoms with Crippen LogP contribution in [-0.4, -0.2) is 32.8 Å². The lowest BCUT2D eigenvalue weighted by Crippen LogP contribution is -2.07. The zero-order chi connectivity index (χ0) is 18.7. The van der Waals surface area contributed by atoms with Gasteiger partial charge < -0.3 is 9.47 Å². The van der Waals surface area contributed by atoms with E-state index in [4.69, 9.17) is 9.47 Å². The van der Waals surface area contributed by atoms with Gasteiger partial charge in [-0.15, -0.1) is 11.3 Å². The number of aryl methyl sites for hydroxylation is 1. The largest absolute Gasteiger partial charge is 0.496 e. The summed E-state index contributed by atoms with van der Waals surface area (Å²) in [5.41, 5.74) is 1.26. The fourth-order valence-electron chi connectivity index (χ4n) is 2.24. The molecule has 0 bridgehead atoms. The molecule has 0 saturated carbocycles. The van der Waals surface area contributed by atoms with Gasteiger partial charge in [0.25, 0.3) is 5.69 Å². The Labute approximate surface area is 152 Å². The summed E-state index contributed by atoms with van der Waals surface area (Å²) in [7, 11) is 3.23. The Bertz CT molecular complexity index is 965. The smallest absolute Gasteiger partial charge is 0.358 e. The molecule has 0 amide bonds. The summed E-state index contributed by atoms with van der Waals surface area (Å²) >= 11 is 1.30. The molecule has 9 nitrogen and oxygen atoms in total. The average molecular weight is 374 g/mol. The first kappa shape index (κ1) is 17.5. The van der Waals surface area contributed by atoms with Crippen LogP contribution >= 0.6 is 11.3 Å². The van der Waals surface area contributed by atoms with E-state index in [-0.39, 0.29) is 18.0 Å². The number of nitrogens with zero attached hydrogens (tertiary/aromatic N) is 4. The molecule has 3 rings (SSSR count). The number of benzene rings is 1. The standard InChI is InChI=1S/C16H14N4O5S/c1-19-7-11(6-17-19)15-18-13(9-26-15)16(21)25-8-10-5-12(20(22)23)3-4-14(10)24-2/h3-7,9H,8H2,1-2H3. The van der Waals surface area contributed by atoms with Crippen LogP contribution in [-0.2, 0) is 18.4 Å². The van der Waals surface area contributed by atoms with Gasteiger partial charge in [-0.3, -0.25) is 14.8 Å². The molecule has 0 unspecified atom stereocenters. The highest BCUT2D eigenvalue weighted by Gasteiger charge is 2.17. The van der Waals surface area contributed by atoms with Crippen LogP contribution in [0.4, 0.5) is 5.69 Å². The lowest BCUT2D eigenvalue weighted by atomic mass is 10.2. The number of hydrogen-bond donors (Lipinski definition) is 0. The van der Waals surface area contributed by atoms with Crippen LogP contribution in [0.15, 0.2) is 36.0 Å². The van der Waals surface area contributed by atoms with Crippen molar-refractivity contribution in [3.63, 3.8) is 0 Å². The molecule has 0 aliphatic carbocycles. The first-order chi connectivity index (χ1) is 12.5. The van der Waals surface area contributed by atoms with Crippen LogP contribution in [0.5, 0.6) is 5.75 Å². The monoisotopic (exact) mass is 374 g/mol. The van der Waals surface area contributed by atoms with Gasteiger partial charge in [-0.1, -0.05) is 0 Å². The molecule has 0 radical (unpaired) electrons. The molecule has 1 aromatic carbocycles. The summed E-state index contributed by atoms with van der Waals surface area (Å²) in [6, 6.07) is 4.10. The maximum Gasteiger partial charge on any atom is 0.358 e. The Balaban J connectivity index is 1.72. The molecule has 2 heterocycles. The van der Waals surface area contributed by atoms with Crippen LogP contribution < -0.4 is 4.74 Å². The number of rotatable bonds is 6. The van der Waals surface area contributed by atoms with Crippen molar-refractivity contribution in [2.24, 2.45) is 7.05 Å². The lowest BCUT2D eigenvalue weighted by molar-refractivity contribution is -0.385. The van der Waals surface area contributed by atoms with Gasteiger partial charge in [0.15, 0.2) is 5.69 Å². The molecule has 0 saturated heterocycles. The minimum Gasteiger partial charge on any atom is -0.496 e. The predicted octanol–water partition coefficient (Wildman–Crippen LogP) is 2.82. The number of esters is 1. The number of hydrogen-bond acceptors (Lipinski definition) is 8. The fraction of sp³-hybridized carbons (Fsp3) is 0.188. The lowest BCUT2D eigenvalue weighted by Gasteiger charge is -2.08. The second-order valence-electron chi connectivity index (χ2n) is 5.27. The van der Waals surface area contributed by atoms with Crippen molar-refractivity contribution in [1.29, 1.82) is 0 Å². The minimum atomic E-state index is -0.620. The van der Waals surface area contributed by atoms with E-state index >= 15 is 0 Å². The topological polar surface area (TPSA) is 109 Å². The number of aromatic nitrogens is 3. The second-order valence-corrected chi connectivity index (χ2v) is 6.13. The predicted molar refractivity (Wildman–Crippen MR) is 93.1 cm³/mol. The van der Waals surface area contributed by atoms with Crippen molar-refractivity contribution in [1.82, 2.24) is 14.8 Å². The van der Waals surface area contributed by atoms with Gasteiger partial charge in [0.1, 0.15) is 17.4 Å². The summed E-state index contributed by atoms with van der Waals surface area (Å²) in [5.74, 6) is -0.220. The minimum absolute atomic E-state index is 0.107. The third-order valence-electron chi connectivity index (χ3n) is 3.50. The molecule has 0 aliphatic heterocycles. The quantitative estimate of drug-likeness (QED) is 0.371. The van der Waals surface area contributed by atoms with Crippen LogP contribution in [0, 0.1) is 10.1 Å². The van der Waals surface area contributed by atoms with E-state index in [0.29, 0.717) is 16.3 Å². The second kappa shape index (κ2) is 7.31. The van der Waals surface area contributed by atoms with Crippen molar-refractivity contribution in [3.8, 4) is 16.3 Å². The molecule has 0 aliphatic rings. The zero-order valence-corrected chi connectivity index (χ0v) is 14.7. The number of carbonyl (C=O) groups is 1. The number of ether oxygens (including phenoxy) is 2. The highest BCUT2D eigenvalue weighted by molar-refractivity contribution is 7.13. The average Bonchev–Trinajstić information content (AvgIpc) is 3.28. The van der Waals surface area contributed by atoms with Crippen LogP contribution in [0.1, 0.15) is 16.1 Å². The SMILES string of the molecule is COc1ccc([N+](=O)[O-])cc1COC(=O)c1csc(-c2cnn(C)c2)n1. The first-order valence-corrected chi connectivity index (χ1v) is 8.29. The van der Waals surface area contributed by atoms with E-state index in [2.05, 4.69) is 10.1 Å². The van der Waals surface area contributed by atoms with Crippen LogP contribution in [0.2, 0.25) is 0 Å². The van der Waals surface area contributed by atoms with E-state index in [1.807, 2.05) is 0 Å². The van der Waals surface area contributed by atoms with Gasteiger partial charge >= 0.3 is 5.97 Å². The Morgan fingerprint density at radius 3 is 2.88 bits per heavy atom. The van der Waals surface area contributed by atoms with E-state index in [1.54, 1.807) is 29.5 Å². The molecule has 2 aromatic heterocycles. The van der Waals surface area contributed by atoms with Crippen LogP contribution in [0.25, 0.3) is 10.6 Å². The summed E-state index contributed by atoms with van der Waals surface area (Å²) < 4.78 is 12.0. The molecule has 0 atom stereocenters. The Hall–Kier alpha value is -3.27. The summed E-state index contributed by atoms with van der Waals surface area (Å²) in [6.07, 6.45) is 3.45. The Kier molecular flexibility index (Phi) is 4.94. The summed E-state index contributed by atoms with van der Waals surface area (Å²) in [6.45, 7) is -0.163. The van der Waals surface area contributed by atoms with Crippen molar-refractivity contribution in [2.45, 2.75) is 6.61 Å². The van der Waals surface area contributed by atoms with Gasteiger partial charge in [0.05, 0.1) is 18.2 Å². The molecule has 3 aromatic rings. The van der Waals surface area contributed by atoms with Gasteiger partial charge in [0, 0.05) is 41.9 Å². The van der Waals surface area contributed by atoms with Crippen molar-refractivity contribution < 1.29 is 19.2 Å². The molecular formula is C16H14N4O5S. The number of nitro benzene ring substituents is 1. The van der Waals surface area contributed by atoms with E-state index in [9.17, 15) is 14.9 Å². The highest BCUT2D eigenvalue weighted by Crippen LogP contribution is 2.26. The van der Waals surface area contributed by atoms with E-state index in [0.717, 1.165) is 5.56 Å². The number of nitro groups is 1. The first-order valence-electron chi connectivity index (χ1n) is 7.41. The highest BCUT2D eigenvalue weighted by atomic mass is 32.1. The molecule has 10 heteroatoms. The number of methoxy groups -OCH3 is 1. The molecule has 0 N–H and O–H groups in total. The third-order valence-corrected chi connectivity index (χ3v) is 4.39.